The van der Waals surface area contributed by atoms with Crippen molar-refractivity contribution in [3.8, 4) is 0 Å². The maximum absolute atomic E-state index is 10.9. The number of carboxylic acids is 1. The molecule has 98 valence electrons. The number of hydrogen-bond acceptors (Lipinski definition) is 2. The zero-order valence-corrected chi connectivity index (χ0v) is 11.3. The second-order valence-corrected chi connectivity index (χ2v) is 5.44. The van der Waals surface area contributed by atoms with Crippen LogP contribution in [0.2, 0.25) is 0 Å². The van der Waals surface area contributed by atoms with E-state index in [0.717, 1.165) is 18.5 Å². The molecule has 1 N–H and O–H groups in total. The summed E-state index contributed by atoms with van der Waals surface area (Å²) in [7, 11) is 0. The number of benzene rings is 1. The summed E-state index contributed by atoms with van der Waals surface area (Å²) in [6.07, 6.45) is 1.69. The van der Waals surface area contributed by atoms with E-state index >= 15 is 0 Å². The number of hydrogen-bond donors (Lipinski definition) is 1. The van der Waals surface area contributed by atoms with Crippen molar-refractivity contribution < 1.29 is 9.90 Å². The third kappa shape index (κ3) is 2.50. The van der Waals surface area contributed by atoms with Crippen LogP contribution in [0.4, 0.5) is 5.69 Å². The molecule has 1 aromatic rings. The Balaban J connectivity index is 2.17. The minimum absolute atomic E-state index is 0.314. The lowest BCUT2D eigenvalue weighted by Crippen LogP contribution is -2.28. The summed E-state index contributed by atoms with van der Waals surface area (Å²) in [4.78, 5) is 13.3. The molecule has 3 nitrogen and oxygen atoms in total. The van der Waals surface area contributed by atoms with E-state index in [2.05, 4.69) is 36.9 Å². The highest BCUT2D eigenvalue weighted by Crippen LogP contribution is 2.30. The van der Waals surface area contributed by atoms with Crippen LogP contribution in [-0.2, 0) is 17.6 Å². The topological polar surface area (TPSA) is 40.5 Å². The molecule has 0 spiro atoms. The summed E-state index contributed by atoms with van der Waals surface area (Å²) < 4.78 is 0. The Morgan fingerprint density at radius 3 is 2.72 bits per heavy atom. The lowest BCUT2D eigenvalue weighted by molar-refractivity contribution is -0.141. The van der Waals surface area contributed by atoms with Gasteiger partial charge in [-0.25, -0.2) is 0 Å². The Kier molecular flexibility index (Phi) is 3.60. The Bertz CT molecular complexity index is 454. The van der Waals surface area contributed by atoms with E-state index < -0.39 is 5.97 Å². The quantitative estimate of drug-likeness (QED) is 0.889. The number of nitrogens with zero attached hydrogens (tertiary/aromatic N) is 1. The van der Waals surface area contributed by atoms with E-state index in [1.54, 1.807) is 6.92 Å². The molecule has 0 bridgehead atoms. The highest BCUT2D eigenvalue weighted by molar-refractivity contribution is 5.70. The van der Waals surface area contributed by atoms with Crippen LogP contribution in [0.25, 0.3) is 0 Å². The molecule has 1 aliphatic heterocycles. The van der Waals surface area contributed by atoms with E-state index in [1.807, 2.05) is 0 Å². The van der Waals surface area contributed by atoms with Gasteiger partial charge in [0.25, 0.3) is 0 Å². The van der Waals surface area contributed by atoms with Gasteiger partial charge in [-0.1, -0.05) is 19.1 Å². The summed E-state index contributed by atoms with van der Waals surface area (Å²) in [6, 6.07) is 6.91. The van der Waals surface area contributed by atoms with Crippen molar-refractivity contribution in [3.05, 3.63) is 29.3 Å². The Hall–Kier alpha value is -1.51. The smallest absolute Gasteiger partial charge is 0.306 e. The van der Waals surface area contributed by atoms with Crippen molar-refractivity contribution in [2.75, 3.05) is 11.4 Å². The van der Waals surface area contributed by atoms with Gasteiger partial charge in [0.2, 0.25) is 0 Å². The molecule has 1 aliphatic rings. The highest BCUT2D eigenvalue weighted by Gasteiger charge is 2.21. The highest BCUT2D eigenvalue weighted by atomic mass is 16.4. The molecule has 1 aromatic carbocycles. The van der Waals surface area contributed by atoms with Gasteiger partial charge in [0.05, 0.1) is 5.92 Å². The van der Waals surface area contributed by atoms with Gasteiger partial charge in [0.15, 0.2) is 0 Å². The lowest BCUT2D eigenvalue weighted by Gasteiger charge is -2.24. The van der Waals surface area contributed by atoms with Gasteiger partial charge in [-0.3, -0.25) is 4.79 Å². The van der Waals surface area contributed by atoms with Gasteiger partial charge < -0.3 is 10.0 Å². The van der Waals surface area contributed by atoms with Crippen molar-refractivity contribution in [3.63, 3.8) is 0 Å². The molecule has 0 aromatic heterocycles. The third-order valence-electron chi connectivity index (χ3n) is 3.66. The van der Waals surface area contributed by atoms with Gasteiger partial charge in [0, 0.05) is 18.3 Å². The minimum atomic E-state index is -0.723. The monoisotopic (exact) mass is 247 g/mol. The first-order valence-electron chi connectivity index (χ1n) is 6.60. The average molecular weight is 247 g/mol. The van der Waals surface area contributed by atoms with Crippen LogP contribution in [0.5, 0.6) is 0 Å². The van der Waals surface area contributed by atoms with Crippen LogP contribution in [0, 0.1) is 5.92 Å². The fraction of sp³-hybridized carbons (Fsp3) is 0.533. The second-order valence-electron chi connectivity index (χ2n) is 5.44. The fourth-order valence-corrected chi connectivity index (χ4v) is 2.58. The molecule has 0 fully saturated rings. The zero-order chi connectivity index (χ0) is 13.3. The molecule has 0 saturated heterocycles. The minimum Gasteiger partial charge on any atom is -0.481 e. The molecule has 1 atom stereocenters. The second kappa shape index (κ2) is 5.01. The SMILES string of the molecule is CC(Cc1ccc2c(c1)CCN2C(C)C)C(=O)O. The number of aliphatic carboxylic acids is 1. The van der Waals surface area contributed by atoms with Crippen molar-refractivity contribution >= 4 is 11.7 Å². The van der Waals surface area contributed by atoms with Crippen molar-refractivity contribution in [2.45, 2.75) is 39.7 Å². The number of anilines is 1. The summed E-state index contributed by atoms with van der Waals surface area (Å²) >= 11 is 0. The largest absolute Gasteiger partial charge is 0.481 e. The van der Waals surface area contributed by atoms with Gasteiger partial charge in [-0.2, -0.15) is 0 Å². The summed E-state index contributed by atoms with van der Waals surface area (Å²) in [5, 5.41) is 8.94. The molecular weight excluding hydrogens is 226 g/mol. The van der Waals surface area contributed by atoms with Gasteiger partial charge in [0.1, 0.15) is 0 Å². The van der Waals surface area contributed by atoms with E-state index in [0.29, 0.717) is 12.5 Å². The van der Waals surface area contributed by atoms with E-state index in [4.69, 9.17) is 5.11 Å². The average Bonchev–Trinajstić information content (AvgIpc) is 2.71. The standard InChI is InChI=1S/C15H21NO2/c1-10(2)16-7-6-13-9-12(4-5-14(13)16)8-11(3)15(17)18/h4-5,9-11H,6-8H2,1-3H3,(H,17,18). The van der Waals surface area contributed by atoms with Crippen LogP contribution < -0.4 is 4.90 Å². The van der Waals surface area contributed by atoms with Crippen molar-refractivity contribution in [2.24, 2.45) is 5.92 Å². The first-order chi connectivity index (χ1) is 8.49. The molecule has 2 rings (SSSR count). The Morgan fingerprint density at radius 2 is 2.11 bits per heavy atom. The number of carboxylic acid groups (broad SMARTS) is 1. The first-order valence-corrected chi connectivity index (χ1v) is 6.60. The summed E-state index contributed by atoms with van der Waals surface area (Å²) in [5.74, 6) is -1.04. The molecule has 0 amide bonds. The predicted octanol–water partition coefficient (Wildman–Crippen LogP) is 2.72. The van der Waals surface area contributed by atoms with Crippen LogP contribution in [-0.4, -0.2) is 23.7 Å². The Labute approximate surface area is 108 Å². The first kappa shape index (κ1) is 12.9. The summed E-state index contributed by atoms with van der Waals surface area (Å²) in [6.45, 7) is 7.24. The molecule has 3 heteroatoms. The number of fused-ring (bicyclic) bond motifs is 1. The van der Waals surface area contributed by atoms with E-state index in [9.17, 15) is 4.79 Å². The molecule has 0 radical (unpaired) electrons. The predicted molar refractivity (Wildman–Crippen MR) is 73.1 cm³/mol. The molecule has 0 aliphatic carbocycles. The third-order valence-corrected chi connectivity index (χ3v) is 3.66. The molecule has 1 heterocycles. The summed E-state index contributed by atoms with van der Waals surface area (Å²) in [5.41, 5.74) is 3.81. The Morgan fingerprint density at radius 1 is 1.39 bits per heavy atom. The van der Waals surface area contributed by atoms with Gasteiger partial charge >= 0.3 is 5.97 Å². The van der Waals surface area contributed by atoms with Crippen LogP contribution in [0.15, 0.2) is 18.2 Å². The maximum atomic E-state index is 10.9. The molecule has 1 unspecified atom stereocenters. The van der Waals surface area contributed by atoms with Crippen molar-refractivity contribution in [1.82, 2.24) is 0 Å². The zero-order valence-electron chi connectivity index (χ0n) is 11.3. The number of rotatable bonds is 4. The van der Waals surface area contributed by atoms with Crippen LogP contribution >= 0.6 is 0 Å². The molecular formula is C15H21NO2. The molecule has 18 heavy (non-hydrogen) atoms. The van der Waals surface area contributed by atoms with Crippen molar-refractivity contribution in [1.29, 1.82) is 0 Å². The number of carbonyl (C=O) groups is 1. The van der Waals surface area contributed by atoms with Gasteiger partial charge in [-0.05, 0) is 43.9 Å². The molecule has 0 saturated carbocycles. The van der Waals surface area contributed by atoms with Crippen LogP contribution in [0.3, 0.4) is 0 Å². The lowest BCUT2D eigenvalue weighted by atomic mass is 9.99. The fourth-order valence-electron chi connectivity index (χ4n) is 2.58. The van der Waals surface area contributed by atoms with Crippen LogP contribution in [0.1, 0.15) is 31.9 Å². The maximum Gasteiger partial charge on any atom is 0.306 e. The van der Waals surface area contributed by atoms with Gasteiger partial charge in [-0.15, -0.1) is 0 Å². The van der Waals surface area contributed by atoms with E-state index in [1.165, 1.54) is 11.3 Å². The van der Waals surface area contributed by atoms with E-state index in [-0.39, 0.29) is 5.92 Å². The normalized spacial score (nSPS) is 15.9.